The van der Waals surface area contributed by atoms with Crippen molar-refractivity contribution in [3.63, 3.8) is 0 Å². The summed E-state index contributed by atoms with van der Waals surface area (Å²) in [4.78, 5) is 2.50. The molecule has 1 N–H and O–H groups in total. The van der Waals surface area contributed by atoms with E-state index in [-0.39, 0.29) is 0 Å². The van der Waals surface area contributed by atoms with Crippen molar-refractivity contribution < 1.29 is 5.11 Å². The summed E-state index contributed by atoms with van der Waals surface area (Å²) in [7, 11) is 0. The summed E-state index contributed by atoms with van der Waals surface area (Å²) < 4.78 is 0. The van der Waals surface area contributed by atoms with Crippen molar-refractivity contribution in [1.29, 1.82) is 0 Å². The van der Waals surface area contributed by atoms with Gasteiger partial charge in [-0.25, -0.2) is 0 Å². The molecule has 0 amide bonds. The van der Waals surface area contributed by atoms with E-state index in [9.17, 15) is 5.11 Å². The Balaban J connectivity index is 1.96. The fourth-order valence-electron chi connectivity index (χ4n) is 2.68. The van der Waals surface area contributed by atoms with Gasteiger partial charge >= 0.3 is 0 Å². The van der Waals surface area contributed by atoms with Crippen LogP contribution in [-0.2, 0) is 0 Å². The summed E-state index contributed by atoms with van der Waals surface area (Å²) in [6.07, 6.45) is 5.88. The van der Waals surface area contributed by atoms with E-state index in [0.29, 0.717) is 6.04 Å². The first-order chi connectivity index (χ1) is 6.65. The third-order valence-electron chi connectivity index (χ3n) is 4.18. The van der Waals surface area contributed by atoms with Crippen LogP contribution in [0, 0.1) is 5.92 Å². The summed E-state index contributed by atoms with van der Waals surface area (Å²) in [6, 6.07) is 0.363. The third kappa shape index (κ3) is 1.96. The molecule has 2 rings (SSSR count). The molecule has 14 heavy (non-hydrogen) atoms. The van der Waals surface area contributed by atoms with Crippen molar-refractivity contribution in [1.82, 2.24) is 4.90 Å². The predicted octanol–water partition coefficient (Wildman–Crippen LogP) is 2.02. The number of rotatable bonds is 3. The molecule has 1 saturated carbocycles. The van der Waals surface area contributed by atoms with Crippen molar-refractivity contribution in [2.75, 3.05) is 13.1 Å². The van der Waals surface area contributed by atoms with Gasteiger partial charge in [-0.05, 0) is 51.5 Å². The zero-order valence-corrected chi connectivity index (χ0v) is 9.50. The fraction of sp³-hybridized carbons (Fsp3) is 1.00. The van der Waals surface area contributed by atoms with Crippen LogP contribution >= 0.6 is 0 Å². The minimum atomic E-state index is -0.410. The van der Waals surface area contributed by atoms with Gasteiger partial charge < -0.3 is 5.11 Å². The Morgan fingerprint density at radius 2 is 2.14 bits per heavy atom. The smallest absolute Gasteiger partial charge is 0.0797 e. The Hall–Kier alpha value is -0.0800. The fourth-order valence-corrected chi connectivity index (χ4v) is 2.68. The van der Waals surface area contributed by atoms with Crippen molar-refractivity contribution >= 4 is 0 Å². The lowest BCUT2D eigenvalue weighted by molar-refractivity contribution is -0.0772. The van der Waals surface area contributed by atoms with Gasteiger partial charge in [-0.2, -0.15) is 0 Å². The lowest BCUT2D eigenvalue weighted by Crippen LogP contribution is -2.55. The number of nitrogens with zero attached hydrogens (tertiary/aromatic N) is 1. The molecule has 0 unspecified atom stereocenters. The van der Waals surface area contributed by atoms with Gasteiger partial charge in [0.2, 0.25) is 0 Å². The summed E-state index contributed by atoms with van der Waals surface area (Å²) in [6.45, 7) is 6.73. The maximum Gasteiger partial charge on any atom is 0.0797 e. The van der Waals surface area contributed by atoms with Gasteiger partial charge in [-0.3, -0.25) is 4.90 Å². The highest BCUT2D eigenvalue weighted by atomic mass is 16.3. The first kappa shape index (κ1) is 10.4. The molecular weight excluding hydrogens is 174 g/mol. The van der Waals surface area contributed by atoms with Crippen LogP contribution in [0.25, 0.3) is 0 Å². The van der Waals surface area contributed by atoms with Gasteiger partial charge in [-0.15, -0.1) is 0 Å². The Bertz CT molecular complexity index is 202. The van der Waals surface area contributed by atoms with Crippen LogP contribution in [0.4, 0.5) is 0 Å². The molecule has 2 aliphatic rings. The van der Waals surface area contributed by atoms with Crippen LogP contribution < -0.4 is 0 Å². The van der Waals surface area contributed by atoms with E-state index in [1.54, 1.807) is 0 Å². The minimum Gasteiger partial charge on any atom is -0.388 e. The average Bonchev–Trinajstić information content (AvgIpc) is 2.97. The molecule has 0 radical (unpaired) electrons. The van der Waals surface area contributed by atoms with Gasteiger partial charge in [0, 0.05) is 12.6 Å². The van der Waals surface area contributed by atoms with E-state index >= 15 is 0 Å². The molecule has 2 heteroatoms. The zero-order chi connectivity index (χ0) is 10.2. The first-order valence-corrected chi connectivity index (χ1v) is 6.12. The molecule has 2 atom stereocenters. The number of piperidine rings is 1. The molecule has 0 bridgehead atoms. The lowest BCUT2D eigenvalue weighted by Gasteiger charge is -2.45. The van der Waals surface area contributed by atoms with Crippen LogP contribution in [0.15, 0.2) is 0 Å². The topological polar surface area (TPSA) is 23.5 Å². The maximum atomic E-state index is 10.4. The normalized spacial score (nSPS) is 40.1. The summed E-state index contributed by atoms with van der Waals surface area (Å²) >= 11 is 0. The van der Waals surface area contributed by atoms with Gasteiger partial charge in [0.25, 0.3) is 0 Å². The molecule has 0 aromatic rings. The molecule has 2 nitrogen and oxygen atoms in total. The van der Waals surface area contributed by atoms with Crippen molar-refractivity contribution in [3.05, 3.63) is 0 Å². The number of aliphatic hydroxyl groups is 1. The van der Waals surface area contributed by atoms with Crippen LogP contribution in [0.2, 0.25) is 0 Å². The first-order valence-electron chi connectivity index (χ1n) is 6.12. The van der Waals surface area contributed by atoms with Crippen molar-refractivity contribution in [2.45, 2.75) is 57.6 Å². The average molecular weight is 197 g/mol. The third-order valence-corrected chi connectivity index (χ3v) is 4.18. The Morgan fingerprint density at radius 3 is 2.71 bits per heavy atom. The predicted molar refractivity (Wildman–Crippen MR) is 58.2 cm³/mol. The highest BCUT2D eigenvalue weighted by Crippen LogP contribution is 2.35. The van der Waals surface area contributed by atoms with Crippen molar-refractivity contribution in [3.8, 4) is 0 Å². The standard InChI is InChI=1S/C12H23NO/c1-3-12(14)7-4-8-13(10(12)2)9-11-5-6-11/h10-11,14H,3-9H2,1-2H3/t10-,12+/m1/s1. The zero-order valence-electron chi connectivity index (χ0n) is 9.50. The van der Waals surface area contributed by atoms with E-state index in [1.165, 1.54) is 32.4 Å². The van der Waals surface area contributed by atoms with E-state index in [4.69, 9.17) is 0 Å². The molecule has 0 aromatic carbocycles. The summed E-state index contributed by atoms with van der Waals surface area (Å²) in [5.41, 5.74) is -0.410. The molecule has 1 heterocycles. The van der Waals surface area contributed by atoms with Gasteiger partial charge in [0.05, 0.1) is 5.60 Å². The summed E-state index contributed by atoms with van der Waals surface area (Å²) in [5.74, 6) is 0.941. The van der Waals surface area contributed by atoms with Crippen LogP contribution in [0.1, 0.15) is 46.0 Å². The molecule has 2 fully saturated rings. The highest BCUT2D eigenvalue weighted by Gasteiger charge is 2.40. The molecule has 0 aromatic heterocycles. The molecular formula is C12H23NO. The van der Waals surface area contributed by atoms with Crippen molar-refractivity contribution in [2.24, 2.45) is 5.92 Å². The Kier molecular flexibility index (Phi) is 2.85. The van der Waals surface area contributed by atoms with Gasteiger partial charge in [-0.1, -0.05) is 6.92 Å². The quantitative estimate of drug-likeness (QED) is 0.748. The number of hydrogen-bond acceptors (Lipinski definition) is 2. The highest BCUT2D eigenvalue weighted by molar-refractivity contribution is 4.94. The SMILES string of the molecule is CC[C@]1(O)CCCN(CC2CC2)[C@@H]1C. The van der Waals surface area contributed by atoms with Crippen LogP contribution in [-0.4, -0.2) is 34.7 Å². The second-order valence-corrected chi connectivity index (χ2v) is 5.17. The van der Waals surface area contributed by atoms with E-state index in [1.807, 2.05) is 0 Å². The summed E-state index contributed by atoms with van der Waals surface area (Å²) in [5, 5.41) is 10.4. The molecule has 1 aliphatic carbocycles. The monoisotopic (exact) mass is 197 g/mol. The van der Waals surface area contributed by atoms with Crippen LogP contribution in [0.5, 0.6) is 0 Å². The lowest BCUT2D eigenvalue weighted by atomic mass is 9.83. The molecule has 0 spiro atoms. The second kappa shape index (κ2) is 3.82. The van der Waals surface area contributed by atoms with Crippen LogP contribution in [0.3, 0.4) is 0 Å². The largest absolute Gasteiger partial charge is 0.388 e. The molecule has 1 aliphatic heterocycles. The van der Waals surface area contributed by atoms with E-state index < -0.39 is 5.60 Å². The number of likely N-dealkylation sites (tertiary alicyclic amines) is 1. The maximum absolute atomic E-state index is 10.4. The number of hydrogen-bond donors (Lipinski definition) is 1. The van der Waals surface area contributed by atoms with Gasteiger partial charge in [0.15, 0.2) is 0 Å². The molecule has 1 saturated heterocycles. The minimum absolute atomic E-state index is 0.363. The second-order valence-electron chi connectivity index (χ2n) is 5.17. The van der Waals surface area contributed by atoms with E-state index in [2.05, 4.69) is 18.7 Å². The Labute approximate surface area is 87.3 Å². The molecule has 82 valence electrons. The Morgan fingerprint density at radius 1 is 1.43 bits per heavy atom. The van der Waals surface area contributed by atoms with E-state index in [0.717, 1.165) is 18.8 Å². The van der Waals surface area contributed by atoms with Gasteiger partial charge in [0.1, 0.15) is 0 Å².